The van der Waals surface area contributed by atoms with E-state index in [0.29, 0.717) is 31.4 Å². The smallest absolute Gasteiger partial charge is 0.407 e. The van der Waals surface area contributed by atoms with Crippen LogP contribution in [0.15, 0.2) is 27.4 Å². The molecule has 0 saturated heterocycles. The SMILES string of the molecule is CNCCCNC(=O)CCCn1c(=O)oc2cc([N+](=O)[O-])ccc21.Cl. The van der Waals surface area contributed by atoms with Crippen molar-refractivity contribution in [3.05, 3.63) is 38.9 Å². The first kappa shape index (κ1) is 20.7. The number of nitrogens with zero attached hydrogens (tertiary/aromatic N) is 2. The van der Waals surface area contributed by atoms with Crippen molar-refractivity contribution in [3.63, 3.8) is 0 Å². The van der Waals surface area contributed by atoms with Crippen LogP contribution in [0.2, 0.25) is 0 Å². The van der Waals surface area contributed by atoms with Gasteiger partial charge in [0.15, 0.2) is 5.58 Å². The predicted molar refractivity (Wildman–Crippen MR) is 95.2 cm³/mol. The van der Waals surface area contributed by atoms with Crippen molar-refractivity contribution >= 4 is 35.1 Å². The molecule has 0 aliphatic rings. The number of nitrogens with one attached hydrogen (secondary N) is 2. The molecule has 0 spiro atoms. The van der Waals surface area contributed by atoms with Crippen LogP contribution >= 0.6 is 12.4 Å². The maximum atomic E-state index is 11.9. The van der Waals surface area contributed by atoms with E-state index in [2.05, 4.69) is 10.6 Å². The summed E-state index contributed by atoms with van der Waals surface area (Å²) in [6, 6.07) is 4.03. The van der Waals surface area contributed by atoms with E-state index >= 15 is 0 Å². The standard InChI is InChI=1S/C15H20N4O5.ClH/c1-16-7-3-8-17-14(20)4-2-9-18-12-6-5-11(19(22)23)10-13(12)24-15(18)21;/h5-6,10,16H,2-4,7-9H2,1H3,(H,17,20);1H. The number of rotatable bonds is 9. The molecule has 0 saturated carbocycles. The maximum absolute atomic E-state index is 11.9. The Kier molecular flexibility index (Phi) is 8.09. The van der Waals surface area contributed by atoms with E-state index in [0.717, 1.165) is 13.0 Å². The van der Waals surface area contributed by atoms with Gasteiger partial charge in [0, 0.05) is 25.6 Å². The van der Waals surface area contributed by atoms with Crippen molar-refractivity contribution in [3.8, 4) is 0 Å². The molecule has 1 aromatic carbocycles. The van der Waals surface area contributed by atoms with E-state index in [9.17, 15) is 19.7 Å². The second-order valence-electron chi connectivity index (χ2n) is 5.34. The van der Waals surface area contributed by atoms with E-state index in [1.54, 1.807) is 0 Å². The first-order valence-electron chi connectivity index (χ1n) is 7.72. The van der Waals surface area contributed by atoms with Gasteiger partial charge in [-0.2, -0.15) is 0 Å². The predicted octanol–water partition coefficient (Wildman–Crippen LogP) is 1.43. The van der Waals surface area contributed by atoms with E-state index in [1.165, 1.54) is 22.8 Å². The van der Waals surface area contributed by atoms with Crippen molar-refractivity contribution in [2.24, 2.45) is 0 Å². The first-order valence-corrected chi connectivity index (χ1v) is 7.72. The normalized spacial score (nSPS) is 10.4. The molecule has 1 aromatic heterocycles. The molecular formula is C15H21ClN4O5. The number of hydrogen-bond acceptors (Lipinski definition) is 6. The van der Waals surface area contributed by atoms with Gasteiger partial charge in [-0.05, 0) is 32.5 Å². The third kappa shape index (κ3) is 5.57. The maximum Gasteiger partial charge on any atom is 0.419 e. The Hall–Kier alpha value is -2.39. The molecule has 0 aliphatic heterocycles. The average molecular weight is 373 g/mol. The third-order valence-corrected chi connectivity index (χ3v) is 3.57. The molecule has 0 radical (unpaired) electrons. The number of nitro groups is 1. The van der Waals surface area contributed by atoms with Gasteiger partial charge in [-0.15, -0.1) is 12.4 Å². The highest BCUT2D eigenvalue weighted by molar-refractivity contribution is 5.85. The second-order valence-corrected chi connectivity index (χ2v) is 5.34. The lowest BCUT2D eigenvalue weighted by Gasteiger charge is -2.05. The van der Waals surface area contributed by atoms with Gasteiger partial charge < -0.3 is 15.1 Å². The van der Waals surface area contributed by atoms with Crippen molar-refractivity contribution in [1.29, 1.82) is 0 Å². The summed E-state index contributed by atoms with van der Waals surface area (Å²) in [5.74, 6) is -0.650. The summed E-state index contributed by atoms with van der Waals surface area (Å²) in [6.45, 7) is 1.76. The highest BCUT2D eigenvalue weighted by atomic mass is 35.5. The fraction of sp³-hybridized carbons (Fsp3) is 0.467. The minimum atomic E-state index is -0.583. The minimum absolute atomic E-state index is 0. The number of amides is 1. The zero-order valence-electron chi connectivity index (χ0n) is 13.8. The summed E-state index contributed by atoms with van der Waals surface area (Å²) in [4.78, 5) is 33.7. The van der Waals surface area contributed by atoms with Crippen LogP contribution in [-0.2, 0) is 11.3 Å². The number of halogens is 1. The third-order valence-electron chi connectivity index (χ3n) is 3.57. The molecule has 2 aromatic rings. The second kappa shape index (κ2) is 9.80. The van der Waals surface area contributed by atoms with E-state index in [-0.39, 0.29) is 29.6 Å². The van der Waals surface area contributed by atoms with E-state index in [1.807, 2.05) is 7.05 Å². The molecule has 9 nitrogen and oxygen atoms in total. The molecule has 2 rings (SSSR count). The lowest BCUT2D eigenvalue weighted by Crippen LogP contribution is -2.26. The molecule has 0 unspecified atom stereocenters. The van der Waals surface area contributed by atoms with Crippen LogP contribution in [0.4, 0.5) is 5.69 Å². The number of hydrogen-bond donors (Lipinski definition) is 2. The summed E-state index contributed by atoms with van der Waals surface area (Å²) >= 11 is 0. The molecule has 25 heavy (non-hydrogen) atoms. The zero-order chi connectivity index (χ0) is 17.5. The Morgan fingerprint density at radius 2 is 2.08 bits per heavy atom. The summed E-state index contributed by atoms with van der Waals surface area (Å²) in [7, 11) is 1.85. The van der Waals surface area contributed by atoms with Crippen molar-refractivity contribution in [1.82, 2.24) is 15.2 Å². The minimum Gasteiger partial charge on any atom is -0.407 e. The molecule has 0 aliphatic carbocycles. The van der Waals surface area contributed by atoms with Gasteiger partial charge in [0.05, 0.1) is 16.5 Å². The molecule has 10 heteroatoms. The number of non-ortho nitro benzene ring substituents is 1. The molecule has 0 fully saturated rings. The molecule has 2 N–H and O–H groups in total. The lowest BCUT2D eigenvalue weighted by molar-refractivity contribution is -0.384. The fourth-order valence-corrected chi connectivity index (χ4v) is 2.36. The van der Waals surface area contributed by atoms with Gasteiger partial charge in [0.1, 0.15) is 0 Å². The summed E-state index contributed by atoms with van der Waals surface area (Å²) < 4.78 is 6.42. The highest BCUT2D eigenvalue weighted by Gasteiger charge is 2.14. The molecular weight excluding hydrogens is 352 g/mol. The van der Waals surface area contributed by atoms with Gasteiger partial charge in [0.25, 0.3) is 5.69 Å². The Balaban J connectivity index is 0.00000312. The quantitative estimate of drug-likeness (QED) is 0.390. The van der Waals surface area contributed by atoms with Crippen LogP contribution in [-0.4, -0.2) is 35.5 Å². The van der Waals surface area contributed by atoms with Crippen LogP contribution in [0, 0.1) is 10.1 Å². The van der Waals surface area contributed by atoms with Gasteiger partial charge in [0.2, 0.25) is 5.91 Å². The summed E-state index contributed by atoms with van der Waals surface area (Å²) in [5.41, 5.74) is 0.523. The Bertz CT molecular complexity index is 786. The number of aryl methyl sites for hydroxylation is 1. The highest BCUT2D eigenvalue weighted by Crippen LogP contribution is 2.20. The van der Waals surface area contributed by atoms with Crippen LogP contribution in [0.5, 0.6) is 0 Å². The molecule has 0 atom stereocenters. The Labute approximate surface area is 149 Å². The molecule has 1 amide bonds. The van der Waals surface area contributed by atoms with Crippen LogP contribution < -0.4 is 16.4 Å². The first-order chi connectivity index (χ1) is 11.5. The zero-order valence-corrected chi connectivity index (χ0v) is 14.6. The van der Waals surface area contributed by atoms with Crippen molar-refractivity contribution in [2.75, 3.05) is 20.1 Å². The van der Waals surface area contributed by atoms with Gasteiger partial charge in [-0.25, -0.2) is 4.79 Å². The van der Waals surface area contributed by atoms with Gasteiger partial charge in [-0.1, -0.05) is 0 Å². The van der Waals surface area contributed by atoms with Crippen molar-refractivity contribution < 1.29 is 14.1 Å². The Morgan fingerprint density at radius 3 is 2.76 bits per heavy atom. The van der Waals surface area contributed by atoms with Crippen molar-refractivity contribution in [2.45, 2.75) is 25.8 Å². The monoisotopic (exact) mass is 372 g/mol. The summed E-state index contributed by atoms with van der Waals surface area (Å²) in [5, 5.41) is 16.5. The molecule has 0 bridgehead atoms. The topological polar surface area (TPSA) is 119 Å². The number of carbonyl (C=O) groups is 1. The van der Waals surface area contributed by atoms with Crippen LogP contribution in [0.25, 0.3) is 11.1 Å². The number of benzene rings is 1. The Morgan fingerprint density at radius 1 is 1.32 bits per heavy atom. The van der Waals surface area contributed by atoms with Gasteiger partial charge in [-0.3, -0.25) is 19.5 Å². The number of oxazole rings is 1. The average Bonchev–Trinajstić information content (AvgIpc) is 2.86. The van der Waals surface area contributed by atoms with Crippen LogP contribution in [0.3, 0.4) is 0 Å². The molecule has 138 valence electrons. The summed E-state index contributed by atoms with van der Waals surface area (Å²) in [6.07, 6.45) is 1.63. The number of fused-ring (bicyclic) bond motifs is 1. The van der Waals surface area contributed by atoms with Gasteiger partial charge >= 0.3 is 5.76 Å². The number of aromatic nitrogens is 1. The lowest BCUT2D eigenvalue weighted by atomic mass is 10.2. The van der Waals surface area contributed by atoms with E-state index < -0.39 is 10.7 Å². The number of nitro benzene ring substituents is 1. The molecule has 1 heterocycles. The van der Waals surface area contributed by atoms with Crippen LogP contribution in [0.1, 0.15) is 19.3 Å². The largest absolute Gasteiger partial charge is 0.419 e. The fourth-order valence-electron chi connectivity index (χ4n) is 2.36. The van der Waals surface area contributed by atoms with E-state index in [4.69, 9.17) is 4.42 Å². The number of carbonyl (C=O) groups excluding carboxylic acids is 1.